The van der Waals surface area contributed by atoms with E-state index in [9.17, 15) is 0 Å². The van der Waals surface area contributed by atoms with Crippen molar-refractivity contribution >= 4 is 5.69 Å². The molecule has 1 atom stereocenters. The summed E-state index contributed by atoms with van der Waals surface area (Å²) in [4.78, 5) is 0. The lowest BCUT2D eigenvalue weighted by Gasteiger charge is -2.21. The number of hydrogen-bond acceptors (Lipinski definition) is 4. The molecule has 1 aliphatic heterocycles. The van der Waals surface area contributed by atoms with Gasteiger partial charge in [-0.15, -0.1) is 0 Å². The van der Waals surface area contributed by atoms with Crippen LogP contribution in [0.2, 0.25) is 0 Å². The van der Waals surface area contributed by atoms with Crippen molar-refractivity contribution in [1.29, 1.82) is 0 Å². The molecule has 4 heteroatoms. The van der Waals surface area contributed by atoms with Gasteiger partial charge in [0.1, 0.15) is 13.2 Å². The molecule has 0 fully saturated rings. The van der Waals surface area contributed by atoms with Crippen LogP contribution in [0.15, 0.2) is 12.1 Å². The van der Waals surface area contributed by atoms with Gasteiger partial charge in [0.15, 0.2) is 11.5 Å². The molecule has 15 heavy (non-hydrogen) atoms. The van der Waals surface area contributed by atoms with Crippen molar-refractivity contribution in [3.05, 3.63) is 17.7 Å². The third-order valence-electron chi connectivity index (χ3n) is 2.59. The molecular weight excluding hydrogens is 192 g/mol. The molecule has 0 saturated heterocycles. The monoisotopic (exact) mass is 208 g/mol. The zero-order valence-electron chi connectivity index (χ0n) is 8.82. The van der Waals surface area contributed by atoms with Gasteiger partial charge in [-0.25, -0.2) is 0 Å². The number of rotatable bonds is 2. The molecule has 1 unspecified atom stereocenters. The van der Waals surface area contributed by atoms with E-state index in [-0.39, 0.29) is 6.04 Å². The molecule has 0 aromatic heterocycles. The van der Waals surface area contributed by atoms with Gasteiger partial charge in [-0.3, -0.25) is 0 Å². The summed E-state index contributed by atoms with van der Waals surface area (Å²) < 4.78 is 10.9. The predicted octanol–water partition coefficient (Wildman–Crippen LogP) is 1.45. The first kappa shape index (κ1) is 10.1. The SMILES string of the molecule is CCC(N)c1cc2c(cc1N)OCCO2. The zero-order chi connectivity index (χ0) is 10.8. The van der Waals surface area contributed by atoms with Crippen LogP contribution < -0.4 is 20.9 Å². The largest absolute Gasteiger partial charge is 0.486 e. The van der Waals surface area contributed by atoms with Gasteiger partial charge >= 0.3 is 0 Å². The zero-order valence-corrected chi connectivity index (χ0v) is 8.82. The van der Waals surface area contributed by atoms with Gasteiger partial charge in [0, 0.05) is 17.8 Å². The van der Waals surface area contributed by atoms with Gasteiger partial charge in [-0.2, -0.15) is 0 Å². The molecule has 4 N–H and O–H groups in total. The molecule has 0 radical (unpaired) electrons. The second-order valence-corrected chi connectivity index (χ2v) is 3.64. The molecule has 0 spiro atoms. The molecule has 82 valence electrons. The Bertz CT molecular complexity index is 366. The first-order chi connectivity index (χ1) is 7.22. The number of nitrogen functional groups attached to an aromatic ring is 1. The normalized spacial score (nSPS) is 16.1. The summed E-state index contributed by atoms with van der Waals surface area (Å²) in [7, 11) is 0. The maximum Gasteiger partial charge on any atom is 0.163 e. The Morgan fingerprint density at radius 2 is 1.87 bits per heavy atom. The fourth-order valence-corrected chi connectivity index (χ4v) is 1.66. The van der Waals surface area contributed by atoms with Crippen molar-refractivity contribution in [2.75, 3.05) is 18.9 Å². The number of fused-ring (bicyclic) bond motifs is 1. The quantitative estimate of drug-likeness (QED) is 0.722. The highest BCUT2D eigenvalue weighted by molar-refractivity contribution is 5.59. The molecule has 0 amide bonds. The van der Waals surface area contributed by atoms with Crippen molar-refractivity contribution in [1.82, 2.24) is 0 Å². The van der Waals surface area contributed by atoms with Crippen molar-refractivity contribution in [3.8, 4) is 11.5 Å². The van der Waals surface area contributed by atoms with Crippen LogP contribution in [0.5, 0.6) is 11.5 Å². The summed E-state index contributed by atoms with van der Waals surface area (Å²) in [5.74, 6) is 1.46. The van der Waals surface area contributed by atoms with E-state index in [0.717, 1.165) is 17.7 Å². The van der Waals surface area contributed by atoms with Crippen LogP contribution in [-0.2, 0) is 0 Å². The summed E-state index contributed by atoms with van der Waals surface area (Å²) in [5, 5.41) is 0. The Morgan fingerprint density at radius 1 is 1.27 bits per heavy atom. The number of nitrogens with two attached hydrogens (primary N) is 2. The highest BCUT2D eigenvalue weighted by atomic mass is 16.6. The van der Waals surface area contributed by atoms with Crippen LogP contribution in [-0.4, -0.2) is 13.2 Å². The third-order valence-corrected chi connectivity index (χ3v) is 2.59. The van der Waals surface area contributed by atoms with Crippen molar-refractivity contribution < 1.29 is 9.47 Å². The number of hydrogen-bond donors (Lipinski definition) is 2. The molecule has 0 aliphatic carbocycles. The molecule has 1 aliphatic rings. The average Bonchev–Trinajstić information content (AvgIpc) is 2.27. The summed E-state index contributed by atoms with van der Waals surface area (Å²) in [5.41, 5.74) is 13.5. The minimum Gasteiger partial charge on any atom is -0.486 e. The molecule has 0 saturated carbocycles. The lowest BCUT2D eigenvalue weighted by molar-refractivity contribution is 0.171. The average molecular weight is 208 g/mol. The second-order valence-electron chi connectivity index (χ2n) is 3.64. The Balaban J connectivity index is 2.40. The van der Waals surface area contributed by atoms with Crippen molar-refractivity contribution in [2.45, 2.75) is 19.4 Å². The fraction of sp³-hybridized carbons (Fsp3) is 0.455. The number of benzene rings is 1. The van der Waals surface area contributed by atoms with Crippen LogP contribution in [0, 0.1) is 0 Å². The molecule has 1 heterocycles. The lowest BCUT2D eigenvalue weighted by Crippen LogP contribution is -2.17. The fourth-order valence-electron chi connectivity index (χ4n) is 1.66. The van der Waals surface area contributed by atoms with Crippen LogP contribution in [0.3, 0.4) is 0 Å². The maximum atomic E-state index is 5.95. The summed E-state index contributed by atoms with van der Waals surface area (Å²) in [6.45, 7) is 3.18. The van der Waals surface area contributed by atoms with Crippen LogP contribution >= 0.6 is 0 Å². The molecule has 1 aromatic rings. The first-order valence-electron chi connectivity index (χ1n) is 5.17. The first-order valence-corrected chi connectivity index (χ1v) is 5.17. The van der Waals surface area contributed by atoms with Crippen molar-refractivity contribution in [2.24, 2.45) is 5.73 Å². The van der Waals surface area contributed by atoms with E-state index in [0.29, 0.717) is 24.7 Å². The summed E-state index contributed by atoms with van der Waals surface area (Å²) in [6, 6.07) is 3.64. The van der Waals surface area contributed by atoms with E-state index in [2.05, 4.69) is 0 Å². The Morgan fingerprint density at radius 3 is 2.47 bits per heavy atom. The Hall–Kier alpha value is -1.42. The highest BCUT2D eigenvalue weighted by Gasteiger charge is 2.16. The van der Waals surface area contributed by atoms with E-state index < -0.39 is 0 Å². The third kappa shape index (κ3) is 1.85. The van der Waals surface area contributed by atoms with Gasteiger partial charge in [-0.1, -0.05) is 6.92 Å². The van der Waals surface area contributed by atoms with E-state index in [1.807, 2.05) is 13.0 Å². The van der Waals surface area contributed by atoms with E-state index in [1.165, 1.54) is 0 Å². The standard InChI is InChI=1S/C11H16N2O2/c1-2-8(12)7-5-10-11(6-9(7)13)15-4-3-14-10/h5-6,8H,2-4,12-13H2,1H3. The van der Waals surface area contributed by atoms with Gasteiger partial charge in [0.25, 0.3) is 0 Å². The van der Waals surface area contributed by atoms with Gasteiger partial charge < -0.3 is 20.9 Å². The van der Waals surface area contributed by atoms with E-state index >= 15 is 0 Å². The van der Waals surface area contributed by atoms with Gasteiger partial charge in [0.05, 0.1) is 0 Å². The predicted molar refractivity (Wildman–Crippen MR) is 59.1 cm³/mol. The van der Waals surface area contributed by atoms with Crippen LogP contribution in [0.25, 0.3) is 0 Å². The summed E-state index contributed by atoms with van der Waals surface area (Å²) in [6.07, 6.45) is 0.851. The second kappa shape index (κ2) is 3.98. The van der Waals surface area contributed by atoms with Gasteiger partial charge in [-0.05, 0) is 18.1 Å². The minimum absolute atomic E-state index is 0.0409. The smallest absolute Gasteiger partial charge is 0.163 e. The topological polar surface area (TPSA) is 70.5 Å². The number of ether oxygens (including phenoxy) is 2. The van der Waals surface area contributed by atoms with Crippen molar-refractivity contribution in [3.63, 3.8) is 0 Å². The minimum atomic E-state index is -0.0409. The molecule has 0 bridgehead atoms. The molecule has 4 nitrogen and oxygen atoms in total. The number of anilines is 1. The highest BCUT2D eigenvalue weighted by Crippen LogP contribution is 2.36. The van der Waals surface area contributed by atoms with E-state index in [4.69, 9.17) is 20.9 Å². The van der Waals surface area contributed by atoms with Crippen LogP contribution in [0.4, 0.5) is 5.69 Å². The molecule has 1 aromatic carbocycles. The Labute approximate surface area is 89.2 Å². The summed E-state index contributed by atoms with van der Waals surface area (Å²) >= 11 is 0. The van der Waals surface area contributed by atoms with Crippen LogP contribution in [0.1, 0.15) is 24.9 Å². The Kier molecular flexibility index (Phi) is 2.68. The van der Waals surface area contributed by atoms with E-state index in [1.54, 1.807) is 6.07 Å². The maximum absolute atomic E-state index is 5.95. The lowest BCUT2D eigenvalue weighted by atomic mass is 10.0. The molecule has 2 rings (SSSR count). The van der Waals surface area contributed by atoms with Gasteiger partial charge in [0.2, 0.25) is 0 Å². The molecular formula is C11H16N2O2.